The van der Waals surface area contributed by atoms with Gasteiger partial charge in [0, 0.05) is 31.3 Å². The van der Waals surface area contributed by atoms with Gasteiger partial charge in [0.25, 0.3) is 0 Å². The van der Waals surface area contributed by atoms with Crippen molar-refractivity contribution < 1.29 is 5.11 Å². The van der Waals surface area contributed by atoms with Gasteiger partial charge in [-0.05, 0) is 19.1 Å². The second kappa shape index (κ2) is 7.17. The van der Waals surface area contributed by atoms with E-state index in [4.69, 9.17) is 16.6 Å². The van der Waals surface area contributed by atoms with Gasteiger partial charge in [-0.15, -0.1) is 0 Å². The van der Waals surface area contributed by atoms with E-state index >= 15 is 0 Å². The number of allylic oxidation sites excluding steroid dienone is 3. The lowest BCUT2D eigenvalue weighted by atomic mass is 10.0. The van der Waals surface area contributed by atoms with E-state index in [-0.39, 0.29) is 6.61 Å². The highest BCUT2D eigenvalue weighted by molar-refractivity contribution is 5.14. The predicted molar refractivity (Wildman–Crippen MR) is 63.7 cm³/mol. The molecule has 0 atom stereocenters. The van der Waals surface area contributed by atoms with Crippen LogP contribution in [0.4, 0.5) is 0 Å². The quantitative estimate of drug-likeness (QED) is 0.600. The van der Waals surface area contributed by atoms with Crippen LogP contribution < -0.4 is 11.5 Å². The van der Waals surface area contributed by atoms with Crippen molar-refractivity contribution in [3.63, 3.8) is 0 Å². The molecule has 0 amide bonds. The van der Waals surface area contributed by atoms with Crippen molar-refractivity contribution in [1.82, 2.24) is 4.90 Å². The Morgan fingerprint density at radius 1 is 1.33 bits per heavy atom. The monoisotopic (exact) mass is 213 g/mol. The molecule has 0 aliphatic carbocycles. The van der Waals surface area contributed by atoms with Crippen LogP contribution in [-0.4, -0.2) is 29.7 Å². The van der Waals surface area contributed by atoms with Gasteiger partial charge in [0.05, 0.1) is 5.82 Å². The lowest BCUT2D eigenvalue weighted by molar-refractivity contribution is 0.0808. The molecule has 4 nitrogen and oxygen atoms in total. The molecule has 0 spiro atoms. The van der Waals surface area contributed by atoms with Crippen LogP contribution in [0.1, 0.15) is 20.8 Å². The van der Waals surface area contributed by atoms with E-state index in [1.54, 1.807) is 12.2 Å². The summed E-state index contributed by atoms with van der Waals surface area (Å²) >= 11 is 0. The van der Waals surface area contributed by atoms with Gasteiger partial charge in [-0.1, -0.05) is 13.8 Å². The summed E-state index contributed by atoms with van der Waals surface area (Å²) in [4.78, 5) is 2.01. The summed E-state index contributed by atoms with van der Waals surface area (Å²) in [6, 6.07) is 0. The van der Waals surface area contributed by atoms with Crippen molar-refractivity contribution in [2.75, 3.05) is 19.7 Å². The Morgan fingerprint density at radius 3 is 2.27 bits per heavy atom. The SMILES string of the molecule is C/C(N)=C/C=C(\N)N1CC(CO)C1.CC. The van der Waals surface area contributed by atoms with E-state index in [9.17, 15) is 0 Å². The van der Waals surface area contributed by atoms with Gasteiger partial charge >= 0.3 is 0 Å². The van der Waals surface area contributed by atoms with Crippen LogP contribution in [0.5, 0.6) is 0 Å². The molecule has 1 aliphatic heterocycles. The lowest BCUT2D eigenvalue weighted by Crippen LogP contribution is -2.49. The van der Waals surface area contributed by atoms with Crippen molar-refractivity contribution in [2.24, 2.45) is 17.4 Å². The van der Waals surface area contributed by atoms with E-state index < -0.39 is 0 Å². The van der Waals surface area contributed by atoms with Gasteiger partial charge in [0.15, 0.2) is 0 Å². The number of nitrogens with zero attached hydrogens (tertiary/aromatic N) is 1. The molecule has 1 saturated heterocycles. The molecule has 1 fully saturated rings. The number of aliphatic hydroxyl groups excluding tert-OH is 1. The summed E-state index contributed by atoms with van der Waals surface area (Å²) in [7, 11) is 0. The lowest BCUT2D eigenvalue weighted by Gasteiger charge is -2.39. The Hall–Kier alpha value is -1.16. The maximum Gasteiger partial charge on any atom is 0.0987 e. The third-order valence-corrected chi connectivity index (χ3v) is 2.10. The van der Waals surface area contributed by atoms with Crippen molar-refractivity contribution in [2.45, 2.75) is 20.8 Å². The maximum absolute atomic E-state index is 8.78. The van der Waals surface area contributed by atoms with Crippen LogP contribution in [0.2, 0.25) is 0 Å². The van der Waals surface area contributed by atoms with Crippen LogP contribution in [0.25, 0.3) is 0 Å². The topological polar surface area (TPSA) is 75.5 Å². The third-order valence-electron chi connectivity index (χ3n) is 2.10. The molecule has 5 N–H and O–H groups in total. The Morgan fingerprint density at radius 2 is 1.87 bits per heavy atom. The minimum Gasteiger partial charge on any atom is -0.402 e. The molecule has 15 heavy (non-hydrogen) atoms. The predicted octanol–water partition coefficient (Wildman–Crippen LogP) is 0.599. The molecule has 0 unspecified atom stereocenters. The van der Waals surface area contributed by atoms with E-state index in [0.29, 0.717) is 5.92 Å². The molecule has 1 rings (SSSR count). The van der Waals surface area contributed by atoms with Crippen molar-refractivity contribution in [3.05, 3.63) is 23.7 Å². The molecular formula is C11H23N3O. The summed E-state index contributed by atoms with van der Waals surface area (Å²) in [6.45, 7) is 7.75. The average Bonchev–Trinajstić information content (AvgIpc) is 2.16. The fourth-order valence-corrected chi connectivity index (χ4v) is 1.22. The first-order valence-electron chi connectivity index (χ1n) is 5.39. The first-order chi connectivity index (χ1) is 7.13. The number of hydrogen-bond donors (Lipinski definition) is 3. The first kappa shape index (κ1) is 13.8. The molecule has 0 aromatic heterocycles. The average molecular weight is 213 g/mol. The molecular weight excluding hydrogens is 190 g/mol. The first-order valence-corrected chi connectivity index (χ1v) is 5.39. The second-order valence-electron chi connectivity index (χ2n) is 3.46. The molecule has 0 bridgehead atoms. The molecule has 0 aromatic rings. The minimum absolute atomic E-state index is 0.246. The van der Waals surface area contributed by atoms with E-state index in [1.807, 2.05) is 25.7 Å². The molecule has 1 aliphatic rings. The molecule has 4 heteroatoms. The minimum atomic E-state index is 0.246. The highest BCUT2D eigenvalue weighted by atomic mass is 16.3. The third kappa shape index (κ3) is 4.74. The molecule has 88 valence electrons. The zero-order chi connectivity index (χ0) is 11.8. The largest absolute Gasteiger partial charge is 0.402 e. The van der Waals surface area contributed by atoms with Gasteiger partial charge in [-0.25, -0.2) is 0 Å². The summed E-state index contributed by atoms with van der Waals surface area (Å²) < 4.78 is 0. The van der Waals surface area contributed by atoms with Gasteiger partial charge in [-0.3, -0.25) is 0 Å². The highest BCUT2D eigenvalue weighted by Gasteiger charge is 2.25. The smallest absolute Gasteiger partial charge is 0.0987 e. The Labute approximate surface area is 92.2 Å². The Kier molecular flexibility index (Phi) is 6.62. The number of aliphatic hydroxyl groups is 1. The van der Waals surface area contributed by atoms with Crippen LogP contribution >= 0.6 is 0 Å². The van der Waals surface area contributed by atoms with Gasteiger partial charge in [-0.2, -0.15) is 0 Å². The summed E-state index contributed by atoms with van der Waals surface area (Å²) in [6.07, 6.45) is 3.57. The number of hydrogen-bond acceptors (Lipinski definition) is 4. The van der Waals surface area contributed by atoms with E-state index in [1.165, 1.54) is 0 Å². The van der Waals surface area contributed by atoms with E-state index in [2.05, 4.69) is 0 Å². The van der Waals surface area contributed by atoms with Crippen molar-refractivity contribution in [1.29, 1.82) is 0 Å². The van der Waals surface area contributed by atoms with Crippen LogP contribution in [0, 0.1) is 5.92 Å². The number of nitrogens with two attached hydrogens (primary N) is 2. The van der Waals surface area contributed by atoms with Crippen LogP contribution in [-0.2, 0) is 0 Å². The van der Waals surface area contributed by atoms with Gasteiger partial charge < -0.3 is 21.5 Å². The fourth-order valence-electron chi connectivity index (χ4n) is 1.22. The summed E-state index contributed by atoms with van der Waals surface area (Å²) in [5.74, 6) is 1.10. The number of rotatable bonds is 3. The molecule has 1 heterocycles. The van der Waals surface area contributed by atoms with Crippen molar-refractivity contribution in [3.8, 4) is 0 Å². The van der Waals surface area contributed by atoms with Crippen LogP contribution in [0.3, 0.4) is 0 Å². The Bertz CT molecular complexity index is 226. The zero-order valence-corrected chi connectivity index (χ0v) is 9.90. The summed E-state index contributed by atoms with van der Waals surface area (Å²) in [5, 5.41) is 8.78. The second-order valence-corrected chi connectivity index (χ2v) is 3.46. The Balaban J connectivity index is 0.000000921. The standard InChI is InChI=1S/C9H17N3O.C2H6/c1-7(10)2-3-9(11)12-4-8(5-12)6-13;1-2/h2-3,8,13H,4-6,10-11H2,1H3;1-2H3/b7-2-,9-3+;. The molecule has 0 radical (unpaired) electrons. The maximum atomic E-state index is 8.78. The van der Waals surface area contributed by atoms with Crippen molar-refractivity contribution >= 4 is 0 Å². The fraction of sp³-hybridized carbons (Fsp3) is 0.636. The van der Waals surface area contributed by atoms with Gasteiger partial charge in [0.1, 0.15) is 0 Å². The molecule has 0 saturated carbocycles. The highest BCUT2D eigenvalue weighted by Crippen LogP contribution is 2.17. The zero-order valence-electron chi connectivity index (χ0n) is 9.90. The number of likely N-dealkylation sites (tertiary alicyclic amines) is 1. The van der Waals surface area contributed by atoms with Crippen LogP contribution in [0.15, 0.2) is 23.7 Å². The summed E-state index contributed by atoms with van der Waals surface area (Å²) in [5.41, 5.74) is 11.9. The normalized spacial score (nSPS) is 18.0. The van der Waals surface area contributed by atoms with E-state index in [0.717, 1.165) is 24.6 Å². The van der Waals surface area contributed by atoms with Gasteiger partial charge in [0.2, 0.25) is 0 Å². The molecule has 0 aromatic carbocycles.